The molecule has 2 rings (SSSR count). The van der Waals surface area contributed by atoms with Crippen LogP contribution in [0.25, 0.3) is 0 Å². The molecule has 0 radical (unpaired) electrons. The molecule has 1 aromatic rings. The van der Waals surface area contributed by atoms with Crippen molar-refractivity contribution in [2.75, 3.05) is 6.54 Å². The van der Waals surface area contributed by atoms with E-state index in [-0.39, 0.29) is 0 Å². The largest absolute Gasteiger partial charge is 0.311 e. The van der Waals surface area contributed by atoms with Crippen molar-refractivity contribution in [3.05, 3.63) is 35.9 Å². The van der Waals surface area contributed by atoms with Crippen molar-refractivity contribution in [1.82, 2.24) is 5.32 Å². The van der Waals surface area contributed by atoms with Gasteiger partial charge in [0, 0.05) is 5.54 Å². The molecule has 0 spiro atoms. The number of nitrogens with one attached hydrogen (secondary N) is 1. The normalized spacial score (nSPS) is 27.9. The van der Waals surface area contributed by atoms with Crippen LogP contribution in [0.15, 0.2) is 30.3 Å². The van der Waals surface area contributed by atoms with E-state index < -0.39 is 0 Å². The van der Waals surface area contributed by atoms with Gasteiger partial charge in [-0.05, 0) is 50.6 Å². The summed E-state index contributed by atoms with van der Waals surface area (Å²) >= 11 is 0. The van der Waals surface area contributed by atoms with Crippen LogP contribution in [-0.2, 0) is 6.42 Å². The summed E-state index contributed by atoms with van der Waals surface area (Å²) in [6.07, 6.45) is 3.84. The number of piperidine rings is 1. The van der Waals surface area contributed by atoms with Gasteiger partial charge >= 0.3 is 0 Å². The Balaban J connectivity index is 2.01. The van der Waals surface area contributed by atoms with Crippen LogP contribution in [0.4, 0.5) is 0 Å². The smallest absolute Gasteiger partial charge is 0.0128 e. The average Bonchev–Trinajstić information content (AvgIpc) is 2.32. The van der Waals surface area contributed by atoms with E-state index in [1.807, 2.05) is 0 Å². The molecule has 1 aliphatic heterocycles. The van der Waals surface area contributed by atoms with Crippen LogP contribution in [0, 0.1) is 11.8 Å². The zero-order chi connectivity index (χ0) is 12.3. The molecule has 1 aromatic carbocycles. The molecule has 1 saturated heterocycles. The Kier molecular flexibility index (Phi) is 3.88. The van der Waals surface area contributed by atoms with E-state index in [9.17, 15) is 0 Å². The van der Waals surface area contributed by atoms with E-state index in [4.69, 9.17) is 0 Å². The maximum atomic E-state index is 3.69. The third-order valence-corrected chi connectivity index (χ3v) is 4.15. The van der Waals surface area contributed by atoms with Crippen molar-refractivity contribution in [2.45, 2.75) is 45.6 Å². The first-order chi connectivity index (χ1) is 8.11. The predicted molar refractivity (Wildman–Crippen MR) is 74.1 cm³/mol. The third-order valence-electron chi connectivity index (χ3n) is 4.15. The summed E-state index contributed by atoms with van der Waals surface area (Å²) in [7, 11) is 0. The lowest BCUT2D eigenvalue weighted by Gasteiger charge is -2.41. The summed E-state index contributed by atoms with van der Waals surface area (Å²) in [6.45, 7) is 8.16. The van der Waals surface area contributed by atoms with Gasteiger partial charge in [-0.3, -0.25) is 0 Å². The van der Waals surface area contributed by atoms with E-state index in [0.29, 0.717) is 5.54 Å². The molecule has 1 N–H and O–H groups in total. The highest BCUT2D eigenvalue weighted by atomic mass is 15.0. The van der Waals surface area contributed by atoms with Crippen LogP contribution in [0.1, 0.15) is 39.2 Å². The molecule has 1 heterocycles. The fourth-order valence-electron chi connectivity index (χ4n) is 3.10. The molecule has 17 heavy (non-hydrogen) atoms. The van der Waals surface area contributed by atoms with Crippen molar-refractivity contribution >= 4 is 0 Å². The number of hydrogen-bond acceptors (Lipinski definition) is 1. The zero-order valence-electron chi connectivity index (χ0n) is 11.4. The Hall–Kier alpha value is -0.820. The second kappa shape index (κ2) is 5.22. The Labute approximate surface area is 106 Å². The molecule has 0 amide bonds. The first-order valence-electron chi connectivity index (χ1n) is 6.89. The van der Waals surface area contributed by atoms with Crippen molar-refractivity contribution in [1.29, 1.82) is 0 Å². The number of hydrogen-bond donors (Lipinski definition) is 1. The minimum atomic E-state index is 0.327. The average molecular weight is 231 g/mol. The Morgan fingerprint density at radius 1 is 1.18 bits per heavy atom. The van der Waals surface area contributed by atoms with Gasteiger partial charge in [-0.15, -0.1) is 0 Å². The molecule has 94 valence electrons. The zero-order valence-corrected chi connectivity index (χ0v) is 11.4. The summed E-state index contributed by atoms with van der Waals surface area (Å²) in [5.74, 6) is 1.67. The topological polar surface area (TPSA) is 12.0 Å². The van der Waals surface area contributed by atoms with Gasteiger partial charge in [0.2, 0.25) is 0 Å². The Bertz CT molecular complexity index is 342. The predicted octanol–water partition coefficient (Wildman–Crippen LogP) is 3.64. The fourth-order valence-corrected chi connectivity index (χ4v) is 3.10. The molecule has 0 saturated carbocycles. The summed E-state index contributed by atoms with van der Waals surface area (Å²) in [5, 5.41) is 3.69. The maximum Gasteiger partial charge on any atom is 0.0128 e. The van der Waals surface area contributed by atoms with E-state index in [2.05, 4.69) is 56.4 Å². The highest BCUT2D eigenvalue weighted by molar-refractivity contribution is 5.16. The van der Waals surface area contributed by atoms with Crippen LogP contribution >= 0.6 is 0 Å². The molecule has 1 nitrogen and oxygen atoms in total. The van der Waals surface area contributed by atoms with Crippen molar-refractivity contribution < 1.29 is 0 Å². The monoisotopic (exact) mass is 231 g/mol. The molecule has 1 heteroatoms. The van der Waals surface area contributed by atoms with E-state index in [0.717, 1.165) is 11.8 Å². The molecule has 0 aliphatic carbocycles. The van der Waals surface area contributed by atoms with Gasteiger partial charge in [-0.2, -0.15) is 0 Å². The summed E-state index contributed by atoms with van der Waals surface area (Å²) in [6, 6.07) is 10.9. The highest BCUT2D eigenvalue weighted by Crippen LogP contribution is 2.32. The lowest BCUT2D eigenvalue weighted by atomic mass is 9.74. The second-order valence-corrected chi connectivity index (χ2v) is 6.09. The maximum absolute atomic E-state index is 3.69. The molecule has 0 bridgehead atoms. The number of rotatable bonds is 3. The summed E-state index contributed by atoms with van der Waals surface area (Å²) in [4.78, 5) is 0. The van der Waals surface area contributed by atoms with E-state index in [1.54, 1.807) is 0 Å². The third kappa shape index (κ3) is 3.32. The fraction of sp³-hybridized carbons (Fsp3) is 0.625. The standard InChI is InChI=1S/C16H25N/c1-4-14-11-16(2,3)17-12-15(14)10-13-8-6-5-7-9-13/h5-9,14-15,17H,4,10-12H2,1-3H3. The van der Waals surface area contributed by atoms with E-state index >= 15 is 0 Å². The van der Waals surface area contributed by atoms with Gasteiger partial charge in [-0.1, -0.05) is 43.7 Å². The molecule has 0 aromatic heterocycles. The summed E-state index contributed by atoms with van der Waals surface area (Å²) in [5.41, 5.74) is 1.81. The minimum Gasteiger partial charge on any atom is -0.311 e. The molecular weight excluding hydrogens is 206 g/mol. The van der Waals surface area contributed by atoms with Gasteiger partial charge < -0.3 is 5.32 Å². The Morgan fingerprint density at radius 3 is 2.53 bits per heavy atom. The van der Waals surface area contributed by atoms with Crippen LogP contribution in [0.3, 0.4) is 0 Å². The van der Waals surface area contributed by atoms with Crippen LogP contribution in [0.5, 0.6) is 0 Å². The van der Waals surface area contributed by atoms with Crippen molar-refractivity contribution in [3.8, 4) is 0 Å². The van der Waals surface area contributed by atoms with Crippen LogP contribution in [-0.4, -0.2) is 12.1 Å². The van der Waals surface area contributed by atoms with Gasteiger partial charge in [0.25, 0.3) is 0 Å². The first-order valence-corrected chi connectivity index (χ1v) is 6.89. The molecular formula is C16H25N. The van der Waals surface area contributed by atoms with Gasteiger partial charge in [-0.25, -0.2) is 0 Å². The van der Waals surface area contributed by atoms with E-state index in [1.165, 1.54) is 31.4 Å². The van der Waals surface area contributed by atoms with Gasteiger partial charge in [0.05, 0.1) is 0 Å². The van der Waals surface area contributed by atoms with Crippen LogP contribution in [0.2, 0.25) is 0 Å². The van der Waals surface area contributed by atoms with Crippen LogP contribution < -0.4 is 5.32 Å². The van der Waals surface area contributed by atoms with Crippen molar-refractivity contribution in [3.63, 3.8) is 0 Å². The first kappa shape index (κ1) is 12.6. The number of benzene rings is 1. The molecule has 1 fully saturated rings. The van der Waals surface area contributed by atoms with Gasteiger partial charge in [0.1, 0.15) is 0 Å². The Morgan fingerprint density at radius 2 is 1.88 bits per heavy atom. The lowest BCUT2D eigenvalue weighted by Crippen LogP contribution is -2.51. The molecule has 2 atom stereocenters. The highest BCUT2D eigenvalue weighted by Gasteiger charge is 2.33. The molecule has 2 unspecified atom stereocenters. The molecule has 1 aliphatic rings. The summed E-state index contributed by atoms with van der Waals surface area (Å²) < 4.78 is 0. The SMILES string of the molecule is CCC1CC(C)(C)NCC1Cc1ccccc1. The second-order valence-electron chi connectivity index (χ2n) is 6.09. The minimum absolute atomic E-state index is 0.327. The van der Waals surface area contributed by atoms with Crippen molar-refractivity contribution in [2.24, 2.45) is 11.8 Å². The quantitative estimate of drug-likeness (QED) is 0.837. The lowest BCUT2D eigenvalue weighted by molar-refractivity contribution is 0.154. The van der Waals surface area contributed by atoms with Gasteiger partial charge in [0.15, 0.2) is 0 Å².